The molecule has 1 aliphatic heterocycles. The molecular weight excluding hydrogens is 374 g/mol. The number of benzene rings is 1. The molecule has 0 unspecified atom stereocenters. The SMILES string of the molecule is Fc1ccc2nc(C(Cl)(Cl)Cl)cc(OCCN3CCCCC3)c2c1. The Morgan fingerprint density at radius 1 is 1.12 bits per heavy atom. The molecule has 0 radical (unpaired) electrons. The quantitative estimate of drug-likeness (QED) is 0.681. The van der Waals surface area contributed by atoms with Crippen molar-refractivity contribution in [3.8, 4) is 5.75 Å². The normalized spacial score (nSPS) is 16.5. The van der Waals surface area contributed by atoms with Gasteiger partial charge in [0.05, 0.1) is 11.2 Å². The zero-order valence-electron chi connectivity index (χ0n) is 13.1. The smallest absolute Gasteiger partial charge is 0.232 e. The number of aromatic nitrogens is 1. The minimum absolute atomic E-state index is 0.264. The maximum absolute atomic E-state index is 13.6. The zero-order valence-corrected chi connectivity index (χ0v) is 15.3. The van der Waals surface area contributed by atoms with Gasteiger partial charge in [-0.05, 0) is 44.1 Å². The summed E-state index contributed by atoms with van der Waals surface area (Å²) in [7, 11) is 0. The first-order valence-electron chi connectivity index (χ1n) is 7.96. The fraction of sp³-hybridized carbons (Fsp3) is 0.471. The van der Waals surface area contributed by atoms with Gasteiger partial charge in [-0.2, -0.15) is 0 Å². The van der Waals surface area contributed by atoms with Gasteiger partial charge in [-0.15, -0.1) is 0 Å². The molecule has 1 saturated heterocycles. The van der Waals surface area contributed by atoms with Gasteiger partial charge in [0.25, 0.3) is 0 Å². The Bertz CT molecular complexity index is 715. The second-order valence-electron chi connectivity index (χ2n) is 5.92. The number of pyridine rings is 1. The zero-order chi connectivity index (χ0) is 17.2. The van der Waals surface area contributed by atoms with Crippen molar-refractivity contribution in [2.45, 2.75) is 23.1 Å². The van der Waals surface area contributed by atoms with Crippen molar-refractivity contribution in [2.75, 3.05) is 26.2 Å². The van der Waals surface area contributed by atoms with Crippen LogP contribution < -0.4 is 4.74 Å². The monoisotopic (exact) mass is 390 g/mol. The number of fused-ring (bicyclic) bond motifs is 1. The van der Waals surface area contributed by atoms with Gasteiger partial charge in [0.1, 0.15) is 18.2 Å². The highest BCUT2D eigenvalue weighted by atomic mass is 35.6. The fourth-order valence-electron chi connectivity index (χ4n) is 2.90. The molecule has 0 aliphatic carbocycles. The standard InChI is InChI=1S/C17H18Cl3FN2O/c18-17(19,20)16-11-15(13-10-12(21)4-5-14(13)22-16)24-9-8-23-6-2-1-3-7-23/h4-5,10-11H,1-3,6-9H2. The van der Waals surface area contributed by atoms with E-state index in [1.807, 2.05) is 0 Å². The van der Waals surface area contributed by atoms with Gasteiger partial charge in [-0.3, -0.25) is 4.90 Å². The summed E-state index contributed by atoms with van der Waals surface area (Å²) in [5.41, 5.74) is 0.799. The van der Waals surface area contributed by atoms with E-state index in [1.165, 1.54) is 31.4 Å². The largest absolute Gasteiger partial charge is 0.491 e. The van der Waals surface area contributed by atoms with E-state index in [4.69, 9.17) is 39.5 Å². The number of likely N-dealkylation sites (tertiary alicyclic amines) is 1. The van der Waals surface area contributed by atoms with E-state index >= 15 is 0 Å². The molecule has 0 N–H and O–H groups in total. The van der Waals surface area contributed by atoms with E-state index in [0.29, 0.717) is 23.3 Å². The molecule has 0 saturated carbocycles. The molecular formula is C17H18Cl3FN2O. The van der Waals surface area contributed by atoms with Gasteiger partial charge < -0.3 is 4.74 Å². The third-order valence-corrected chi connectivity index (χ3v) is 4.72. The van der Waals surface area contributed by atoms with Crippen molar-refractivity contribution in [2.24, 2.45) is 0 Å². The molecule has 0 amide bonds. The fourth-order valence-corrected chi connectivity index (χ4v) is 3.19. The number of ether oxygens (including phenoxy) is 1. The first-order valence-corrected chi connectivity index (χ1v) is 9.09. The number of piperidine rings is 1. The first kappa shape index (κ1) is 18.0. The minimum Gasteiger partial charge on any atom is -0.491 e. The number of nitrogens with zero attached hydrogens (tertiary/aromatic N) is 2. The summed E-state index contributed by atoms with van der Waals surface area (Å²) in [5.74, 6) is 0.129. The van der Waals surface area contributed by atoms with Crippen LogP contribution in [0, 0.1) is 5.82 Å². The second-order valence-corrected chi connectivity index (χ2v) is 8.20. The molecule has 3 nitrogen and oxygen atoms in total. The van der Waals surface area contributed by atoms with Gasteiger partial charge in [0, 0.05) is 18.0 Å². The maximum atomic E-state index is 13.6. The van der Waals surface area contributed by atoms with Crippen LogP contribution >= 0.6 is 34.8 Å². The van der Waals surface area contributed by atoms with E-state index in [-0.39, 0.29) is 11.5 Å². The number of hydrogen-bond acceptors (Lipinski definition) is 3. The summed E-state index contributed by atoms with van der Waals surface area (Å²) < 4.78 is 17.8. The average molecular weight is 392 g/mol. The molecule has 24 heavy (non-hydrogen) atoms. The van der Waals surface area contributed by atoms with E-state index in [0.717, 1.165) is 19.6 Å². The lowest BCUT2D eigenvalue weighted by atomic mass is 10.1. The van der Waals surface area contributed by atoms with Gasteiger partial charge >= 0.3 is 0 Å². The molecule has 1 aliphatic rings. The third kappa shape index (κ3) is 4.42. The minimum atomic E-state index is -1.66. The van der Waals surface area contributed by atoms with Crippen molar-refractivity contribution < 1.29 is 9.13 Å². The molecule has 2 aromatic rings. The number of alkyl halides is 3. The van der Waals surface area contributed by atoms with Crippen LogP contribution in [-0.2, 0) is 3.79 Å². The first-order chi connectivity index (χ1) is 11.4. The van der Waals surface area contributed by atoms with Crippen LogP contribution in [-0.4, -0.2) is 36.1 Å². The Morgan fingerprint density at radius 3 is 2.58 bits per heavy atom. The van der Waals surface area contributed by atoms with Crippen molar-refractivity contribution in [1.29, 1.82) is 0 Å². The third-order valence-electron chi connectivity index (χ3n) is 4.14. The van der Waals surface area contributed by atoms with E-state index in [1.54, 1.807) is 12.1 Å². The van der Waals surface area contributed by atoms with Crippen molar-refractivity contribution in [1.82, 2.24) is 9.88 Å². The van der Waals surface area contributed by atoms with Gasteiger partial charge in [0.15, 0.2) is 0 Å². The molecule has 0 bridgehead atoms. The van der Waals surface area contributed by atoms with Crippen LogP contribution in [0.5, 0.6) is 5.75 Å². The van der Waals surface area contributed by atoms with E-state index in [9.17, 15) is 4.39 Å². The molecule has 0 spiro atoms. The number of halogens is 4. The number of rotatable bonds is 4. The molecule has 1 fully saturated rings. The summed E-state index contributed by atoms with van der Waals surface area (Å²) in [6, 6.07) is 5.85. The molecule has 7 heteroatoms. The van der Waals surface area contributed by atoms with Crippen LogP contribution in [0.4, 0.5) is 4.39 Å². The Labute approximate surface area is 155 Å². The summed E-state index contributed by atoms with van der Waals surface area (Å²) in [4.78, 5) is 6.66. The molecule has 1 aromatic carbocycles. The van der Waals surface area contributed by atoms with Crippen LogP contribution in [0.1, 0.15) is 25.0 Å². The highest BCUT2D eigenvalue weighted by Gasteiger charge is 2.26. The van der Waals surface area contributed by atoms with Crippen LogP contribution in [0.15, 0.2) is 24.3 Å². The predicted octanol–water partition coefficient (Wildman–Crippen LogP) is 5.07. The van der Waals surface area contributed by atoms with Crippen molar-refractivity contribution >= 4 is 45.7 Å². The summed E-state index contributed by atoms with van der Waals surface area (Å²) in [6.07, 6.45) is 3.74. The van der Waals surface area contributed by atoms with E-state index < -0.39 is 3.79 Å². The van der Waals surface area contributed by atoms with Crippen LogP contribution in [0.3, 0.4) is 0 Å². The summed E-state index contributed by atoms with van der Waals surface area (Å²) in [6.45, 7) is 3.50. The highest BCUT2D eigenvalue weighted by molar-refractivity contribution is 6.66. The molecule has 130 valence electrons. The van der Waals surface area contributed by atoms with Gasteiger partial charge in [-0.25, -0.2) is 9.37 Å². The lowest BCUT2D eigenvalue weighted by molar-refractivity contribution is 0.184. The molecule has 1 aromatic heterocycles. The van der Waals surface area contributed by atoms with E-state index in [2.05, 4.69) is 9.88 Å². The summed E-state index contributed by atoms with van der Waals surface area (Å²) in [5, 5.41) is 0.576. The lowest BCUT2D eigenvalue weighted by Gasteiger charge is -2.26. The van der Waals surface area contributed by atoms with Crippen LogP contribution in [0.25, 0.3) is 10.9 Å². The molecule has 0 atom stereocenters. The molecule has 3 rings (SSSR count). The number of hydrogen-bond donors (Lipinski definition) is 0. The Hall–Kier alpha value is -0.810. The Balaban J connectivity index is 1.82. The second kappa shape index (κ2) is 7.61. The Kier molecular flexibility index (Phi) is 5.70. The summed E-state index contributed by atoms with van der Waals surface area (Å²) >= 11 is 17.8. The van der Waals surface area contributed by atoms with Crippen molar-refractivity contribution in [3.05, 3.63) is 35.8 Å². The van der Waals surface area contributed by atoms with Gasteiger partial charge in [-0.1, -0.05) is 41.2 Å². The van der Waals surface area contributed by atoms with Gasteiger partial charge in [0.2, 0.25) is 3.79 Å². The van der Waals surface area contributed by atoms with Crippen molar-refractivity contribution in [3.63, 3.8) is 0 Å². The molecule has 2 heterocycles. The Morgan fingerprint density at radius 2 is 1.88 bits per heavy atom. The highest BCUT2D eigenvalue weighted by Crippen LogP contribution is 2.40. The topological polar surface area (TPSA) is 25.4 Å². The average Bonchev–Trinajstić information content (AvgIpc) is 2.55. The predicted molar refractivity (Wildman–Crippen MR) is 96.7 cm³/mol. The maximum Gasteiger partial charge on any atom is 0.232 e. The van der Waals surface area contributed by atoms with Crippen LogP contribution in [0.2, 0.25) is 0 Å². The lowest BCUT2D eigenvalue weighted by Crippen LogP contribution is -2.33.